The van der Waals surface area contributed by atoms with Gasteiger partial charge in [-0.3, -0.25) is 11.5 Å². The summed E-state index contributed by atoms with van der Waals surface area (Å²) in [6.45, 7) is 0. The largest absolute Gasteiger partial charge is 0.354 e. The van der Waals surface area contributed by atoms with E-state index in [9.17, 15) is 0 Å². The van der Waals surface area contributed by atoms with Crippen LogP contribution in [0.5, 0.6) is 0 Å². The Bertz CT molecular complexity index is 917. The lowest BCUT2D eigenvalue weighted by molar-refractivity contribution is 1.32. The van der Waals surface area contributed by atoms with E-state index in [2.05, 4.69) is 5.32 Å². The van der Waals surface area contributed by atoms with Crippen LogP contribution in [0.3, 0.4) is 0 Å². The number of para-hydroxylation sites is 2. The van der Waals surface area contributed by atoms with E-state index in [1.54, 1.807) is 0 Å². The first-order valence-corrected chi connectivity index (χ1v) is 4.92. The molecule has 1 nitrogen and oxygen atoms in total. The molecule has 0 atom stereocenters. The van der Waals surface area contributed by atoms with Crippen molar-refractivity contribution in [3.05, 3.63) is 48.4 Å². The molecule has 0 aliphatic carbocycles. The van der Waals surface area contributed by atoms with Crippen LogP contribution in [0.15, 0.2) is 58.2 Å². The Morgan fingerprint density at radius 3 is 2.64 bits per heavy atom. The number of fused-ring (bicyclic) bond motifs is 2. The van der Waals surface area contributed by atoms with E-state index in [-0.39, 0.29) is 17.4 Å². The molecule has 0 amide bonds. The van der Waals surface area contributed by atoms with Crippen molar-refractivity contribution in [2.45, 2.75) is 9.79 Å². The molecule has 2 aromatic rings. The zero-order chi connectivity index (χ0) is 18.2. The maximum atomic E-state index is 8.47. The van der Waals surface area contributed by atoms with Crippen molar-refractivity contribution in [2.75, 3.05) is 5.32 Å². The monoisotopic (exact) mass is 213 g/mol. The number of benzene rings is 2. The second kappa shape index (κ2) is 3.07. The Balaban J connectivity index is 2.53. The minimum absolute atomic E-state index is 0.0730. The second-order valence-corrected chi connectivity index (χ2v) is 3.88. The fourth-order valence-corrected chi connectivity index (χ4v) is 2.16. The molecular weight excluding hydrogens is 190 g/mol. The van der Waals surface area contributed by atoms with Gasteiger partial charge in [0.2, 0.25) is 0 Å². The molecule has 0 saturated heterocycles. The fourth-order valence-electron chi connectivity index (χ4n) is 1.25. The predicted octanol–water partition coefficient (Wildman–Crippen LogP) is 2.82. The van der Waals surface area contributed by atoms with Gasteiger partial charge >= 0.3 is 0 Å². The summed E-state index contributed by atoms with van der Waals surface area (Å²) >= 11 is -5.37. The van der Waals surface area contributed by atoms with Gasteiger partial charge in [-0.1, -0.05) is 24.2 Å². The summed E-state index contributed by atoms with van der Waals surface area (Å²) in [6, 6.07) is -2.74. The summed E-state index contributed by atoms with van der Waals surface area (Å²) in [5, 5.41) is 2.65. The molecule has 0 fully saturated rings. The molecule has 1 aliphatic rings. The van der Waals surface area contributed by atoms with E-state index < -0.39 is 57.5 Å². The first kappa shape index (κ1) is 2.80. The van der Waals surface area contributed by atoms with Gasteiger partial charge in [0.05, 0.1) is 13.0 Å². The number of hydrogen-bond acceptors (Lipinski definition) is 1. The van der Waals surface area contributed by atoms with Gasteiger partial charge in [-0.2, -0.15) is 0 Å². The van der Waals surface area contributed by atoms with Crippen LogP contribution in [0.4, 0.5) is 11.4 Å². The van der Waals surface area contributed by atoms with Crippen LogP contribution in [0, 0.1) is 0 Å². The van der Waals surface area contributed by atoms with E-state index in [1.807, 2.05) is 0 Å². The van der Waals surface area contributed by atoms with Crippen molar-refractivity contribution in [3.8, 4) is 0 Å². The molecule has 2 aromatic carbocycles. The molecule has 0 aromatic heterocycles. The maximum Gasteiger partial charge on any atom is 0.0682 e. The normalized spacial score (nSPS) is 33.0. The third-order valence-corrected chi connectivity index (χ3v) is 3.01. The van der Waals surface area contributed by atoms with Crippen LogP contribution in [0.2, 0.25) is 0 Å². The second-order valence-electron chi connectivity index (χ2n) is 2.76. The molecule has 0 bridgehead atoms. The van der Waals surface area contributed by atoms with Gasteiger partial charge in [0.15, 0.2) is 0 Å². The van der Waals surface area contributed by atoms with Crippen LogP contribution < -0.4 is 5.32 Å². The Hall–Kier alpha value is -1.41. The molecule has 1 N–H and O–H groups in total. The van der Waals surface area contributed by atoms with Crippen LogP contribution in [-0.2, 0) is 0 Å². The third kappa shape index (κ3) is 1.19. The van der Waals surface area contributed by atoms with Gasteiger partial charge in [0.1, 0.15) is 0 Å². The molecule has 72 valence electrons. The number of hydrogen-bond donors (Lipinski definition) is 1. The summed E-state index contributed by atoms with van der Waals surface area (Å²) in [7, 11) is 0. The maximum absolute atomic E-state index is 8.47. The first-order chi connectivity index (χ1) is 10.9. The highest BCUT2D eigenvalue weighted by molar-refractivity contribution is 7.99. The minimum atomic E-state index is -5.37. The number of anilines is 2. The average molecular weight is 213 g/mol. The highest BCUT2D eigenvalue weighted by Gasteiger charge is 2.09. The van der Waals surface area contributed by atoms with Crippen molar-refractivity contribution >= 4 is 22.8 Å². The third-order valence-electron chi connectivity index (χ3n) is 1.88. The van der Waals surface area contributed by atoms with Crippen molar-refractivity contribution < 1.29 is 9.60 Å². The molecule has 0 saturated carbocycles. The molecule has 14 heavy (non-hydrogen) atoms. The molecule has 0 spiro atoms. The molecule has 1 aliphatic heterocycles. The van der Waals surface area contributed by atoms with Crippen molar-refractivity contribution in [2.24, 2.45) is 0 Å². The quantitative estimate of drug-likeness (QED) is 0.709. The summed E-state index contributed by atoms with van der Waals surface area (Å²) in [6.07, 6.45) is 0. The summed E-state index contributed by atoms with van der Waals surface area (Å²) in [4.78, 5) is -0.926. The van der Waals surface area contributed by atoms with Crippen LogP contribution in [0.25, 0.3) is 0 Å². The molecule has 2 heteroatoms. The molecular formula is C12H13NS. The predicted molar refractivity (Wildman–Crippen MR) is 65.9 cm³/mol. The van der Waals surface area contributed by atoms with Crippen molar-refractivity contribution in [3.63, 3.8) is 0 Å². The average Bonchev–Trinajstić information content (AvgIpc) is 2.46. The van der Waals surface area contributed by atoms with Crippen molar-refractivity contribution in [1.82, 2.24) is 0 Å². The smallest absolute Gasteiger partial charge is 0.0682 e. The van der Waals surface area contributed by atoms with Gasteiger partial charge in [-0.05, 0) is 34.0 Å². The molecule has 0 unspecified atom stereocenters. The zero-order valence-corrected chi connectivity index (χ0v) is 7.92. The van der Waals surface area contributed by atoms with Crippen LogP contribution >= 0.6 is 11.5 Å². The van der Waals surface area contributed by atoms with Gasteiger partial charge in [-0.15, -0.1) is 0 Å². The highest BCUT2D eigenvalue weighted by atomic mass is 32.2. The Morgan fingerprint density at radius 2 is 1.71 bits per heavy atom. The highest BCUT2D eigenvalue weighted by Crippen LogP contribution is 2.43. The van der Waals surface area contributed by atoms with E-state index in [4.69, 9.17) is 13.0 Å². The number of rotatable bonds is 0. The van der Waals surface area contributed by atoms with E-state index in [0.29, 0.717) is 0 Å². The standard InChI is InChI=1S/C12H13NS/c1-3-7-11-9(5-1)13-10-6-2-4-8-12(10)14-11/h1-8,13H,14H4/i1D,2D,3D,4D,5D,7D,8D,14D3. The SMILES string of the molecule is [2H]c1cc2c(c([2H])c1[2H])[SH]([2H])([2H])([2H])c1c([2H])c([2H])c([2H])c([2H])c1N2. The number of nitrogens with one attached hydrogen (secondary N) is 1. The van der Waals surface area contributed by atoms with Crippen LogP contribution in [-0.4, -0.2) is 3.37 Å². The summed E-state index contributed by atoms with van der Waals surface area (Å²) in [5.41, 5.74) is -0.320. The Labute approximate surface area is 100 Å². The van der Waals surface area contributed by atoms with E-state index >= 15 is 0 Å². The lowest BCUT2D eigenvalue weighted by Gasteiger charge is -2.23. The topological polar surface area (TPSA) is 12.0 Å². The Morgan fingerprint density at radius 1 is 1.00 bits per heavy atom. The molecule has 0 radical (unpaired) electrons. The van der Waals surface area contributed by atoms with Crippen molar-refractivity contribution in [1.29, 1.82) is 3.37 Å². The van der Waals surface area contributed by atoms with E-state index in [1.165, 1.54) is 0 Å². The lowest BCUT2D eigenvalue weighted by Crippen LogP contribution is -1.98. The summed E-state index contributed by atoms with van der Waals surface area (Å²) in [5.74, 6) is 0. The molecule has 1 heterocycles. The van der Waals surface area contributed by atoms with Gasteiger partial charge in [-0.25, -0.2) is 0 Å². The van der Waals surface area contributed by atoms with Gasteiger partial charge in [0.25, 0.3) is 0 Å². The summed E-state index contributed by atoms with van der Waals surface area (Å²) < 4.78 is 80.2. The van der Waals surface area contributed by atoms with Gasteiger partial charge in [0, 0.05) is 11.4 Å². The van der Waals surface area contributed by atoms with Gasteiger partial charge < -0.3 is 5.32 Å². The first-order valence-electron chi connectivity index (χ1n) is 8.87. The van der Waals surface area contributed by atoms with E-state index in [0.717, 1.165) is 6.07 Å². The fraction of sp³-hybridized carbons (Fsp3) is 0. The molecule has 3 rings (SSSR count). The lowest BCUT2D eigenvalue weighted by atomic mass is 10.2. The van der Waals surface area contributed by atoms with Crippen LogP contribution in [0.1, 0.15) is 9.60 Å². The minimum Gasteiger partial charge on any atom is -0.354 e. The zero-order valence-electron chi connectivity index (χ0n) is 17.0. The Kier molecular flexibility index (Phi) is 0.613.